The third-order valence-corrected chi connectivity index (χ3v) is 4.52. The quantitative estimate of drug-likeness (QED) is 0.662. The molecule has 1 aliphatic rings. The number of nitrogens with two attached hydrogens (primary N) is 1. The molecular formula is C20H22N2O3. The van der Waals surface area contributed by atoms with Crippen molar-refractivity contribution in [1.82, 2.24) is 0 Å². The lowest BCUT2D eigenvalue weighted by atomic mass is 9.82. The number of ketones is 1. The average Bonchev–Trinajstić information content (AvgIpc) is 2.59. The van der Waals surface area contributed by atoms with Crippen molar-refractivity contribution < 1.29 is 14.6 Å². The summed E-state index contributed by atoms with van der Waals surface area (Å²) in [5, 5.41) is 10.6. The van der Waals surface area contributed by atoms with Crippen LogP contribution >= 0.6 is 0 Å². The van der Waals surface area contributed by atoms with Crippen LogP contribution < -0.4 is 10.5 Å². The third-order valence-electron chi connectivity index (χ3n) is 4.52. The molecule has 0 amide bonds. The van der Waals surface area contributed by atoms with Gasteiger partial charge in [0.25, 0.3) is 0 Å². The molecule has 2 aromatic carbocycles. The summed E-state index contributed by atoms with van der Waals surface area (Å²) in [5.41, 5.74) is 8.37. The Balaban J connectivity index is 1.99. The van der Waals surface area contributed by atoms with Gasteiger partial charge in [0, 0.05) is 16.8 Å². The number of ether oxygens (including phenoxy) is 1. The van der Waals surface area contributed by atoms with Gasteiger partial charge in [-0.15, -0.1) is 0 Å². The Morgan fingerprint density at radius 1 is 1.24 bits per heavy atom. The van der Waals surface area contributed by atoms with Crippen LogP contribution in [0, 0.1) is 0 Å². The number of carbonyl (C=O) groups is 1. The number of hydrogen-bond acceptors (Lipinski definition) is 5. The fraction of sp³-hybridized carbons (Fsp3) is 0.300. The number of aliphatic hydroxyl groups is 1. The molecule has 0 aromatic heterocycles. The summed E-state index contributed by atoms with van der Waals surface area (Å²) < 4.78 is 5.28. The summed E-state index contributed by atoms with van der Waals surface area (Å²) >= 11 is 0. The minimum absolute atomic E-state index is 0.0419. The first kappa shape index (κ1) is 17.2. The summed E-state index contributed by atoms with van der Waals surface area (Å²) in [7, 11) is 1.58. The molecule has 5 nitrogen and oxygen atoms in total. The Morgan fingerprint density at radius 2 is 1.92 bits per heavy atom. The Hall–Kier alpha value is -2.66. The summed E-state index contributed by atoms with van der Waals surface area (Å²) in [6.07, 6.45) is -0.580. The third kappa shape index (κ3) is 3.28. The number of nitrogen functional groups attached to an aromatic ring is 1. The minimum atomic E-state index is -0.733. The Labute approximate surface area is 147 Å². The van der Waals surface area contributed by atoms with E-state index in [1.54, 1.807) is 31.4 Å². The van der Waals surface area contributed by atoms with Crippen LogP contribution in [0.2, 0.25) is 0 Å². The SMILES string of the molecule is COc1ccc2c(c1)C(CC(=O)c1ccc(N)cc1)=NC(C)(C)C2O. The van der Waals surface area contributed by atoms with Crippen molar-refractivity contribution in [1.29, 1.82) is 0 Å². The maximum atomic E-state index is 12.7. The van der Waals surface area contributed by atoms with Crippen molar-refractivity contribution in [2.45, 2.75) is 31.9 Å². The molecule has 0 radical (unpaired) electrons. The van der Waals surface area contributed by atoms with Gasteiger partial charge in [-0.3, -0.25) is 9.79 Å². The van der Waals surface area contributed by atoms with Gasteiger partial charge in [-0.1, -0.05) is 6.07 Å². The summed E-state index contributed by atoms with van der Waals surface area (Å²) in [6.45, 7) is 3.72. The maximum absolute atomic E-state index is 12.7. The lowest BCUT2D eigenvalue weighted by molar-refractivity contribution is 0.0982. The van der Waals surface area contributed by atoms with E-state index < -0.39 is 11.6 Å². The number of rotatable bonds is 4. The predicted molar refractivity (Wildman–Crippen MR) is 98.4 cm³/mol. The summed E-state index contributed by atoms with van der Waals surface area (Å²) in [4.78, 5) is 17.3. The van der Waals surface area contributed by atoms with Gasteiger partial charge < -0.3 is 15.6 Å². The number of hydrogen-bond donors (Lipinski definition) is 2. The number of carbonyl (C=O) groups excluding carboxylic acids is 1. The minimum Gasteiger partial charge on any atom is -0.497 e. The molecule has 1 heterocycles. The fourth-order valence-electron chi connectivity index (χ4n) is 3.06. The molecule has 1 aliphatic heterocycles. The highest BCUT2D eigenvalue weighted by atomic mass is 16.5. The molecule has 3 N–H and O–H groups in total. The van der Waals surface area contributed by atoms with Gasteiger partial charge in [-0.25, -0.2) is 0 Å². The highest BCUT2D eigenvalue weighted by molar-refractivity contribution is 6.17. The second-order valence-electron chi connectivity index (χ2n) is 6.79. The van der Waals surface area contributed by atoms with E-state index in [1.165, 1.54) is 0 Å². The second-order valence-corrected chi connectivity index (χ2v) is 6.79. The zero-order chi connectivity index (χ0) is 18.2. The van der Waals surface area contributed by atoms with E-state index in [1.807, 2.05) is 32.0 Å². The second kappa shape index (κ2) is 6.33. The molecule has 0 bridgehead atoms. The molecule has 3 rings (SSSR count). The molecule has 0 aliphatic carbocycles. The number of aliphatic imine (C=N–C) groups is 1. The molecule has 130 valence electrons. The number of fused-ring (bicyclic) bond motifs is 1. The van der Waals surface area contributed by atoms with E-state index in [2.05, 4.69) is 4.99 Å². The van der Waals surface area contributed by atoms with Crippen molar-refractivity contribution in [3.05, 3.63) is 59.2 Å². The highest BCUT2D eigenvalue weighted by Gasteiger charge is 2.36. The van der Waals surface area contributed by atoms with E-state index >= 15 is 0 Å². The zero-order valence-corrected chi connectivity index (χ0v) is 14.6. The number of Topliss-reactive ketones (excluding diaryl/α,β-unsaturated/α-hetero) is 1. The molecule has 0 spiro atoms. The Morgan fingerprint density at radius 3 is 2.56 bits per heavy atom. The van der Waals surface area contributed by atoms with Crippen molar-refractivity contribution in [3.8, 4) is 5.75 Å². The van der Waals surface area contributed by atoms with Gasteiger partial charge in [-0.2, -0.15) is 0 Å². The highest BCUT2D eigenvalue weighted by Crippen LogP contribution is 2.38. The monoisotopic (exact) mass is 338 g/mol. The summed E-state index contributed by atoms with van der Waals surface area (Å²) in [5.74, 6) is 0.623. The largest absolute Gasteiger partial charge is 0.497 e. The Bertz CT molecular complexity index is 839. The average molecular weight is 338 g/mol. The van der Waals surface area contributed by atoms with Crippen LogP contribution in [0.1, 0.15) is 47.9 Å². The van der Waals surface area contributed by atoms with Gasteiger partial charge in [0.15, 0.2) is 5.78 Å². The molecule has 1 atom stereocenters. The number of benzene rings is 2. The molecule has 0 saturated heterocycles. The molecule has 0 fully saturated rings. The van der Waals surface area contributed by atoms with E-state index in [0.29, 0.717) is 22.7 Å². The lowest BCUT2D eigenvalue weighted by Gasteiger charge is -2.34. The maximum Gasteiger partial charge on any atom is 0.168 e. The van der Waals surface area contributed by atoms with E-state index in [9.17, 15) is 9.90 Å². The van der Waals surface area contributed by atoms with Gasteiger partial charge >= 0.3 is 0 Å². The fourth-order valence-corrected chi connectivity index (χ4v) is 3.06. The van der Waals surface area contributed by atoms with Crippen LogP contribution in [0.15, 0.2) is 47.5 Å². The normalized spacial score (nSPS) is 18.2. The van der Waals surface area contributed by atoms with Crippen molar-refractivity contribution >= 4 is 17.2 Å². The molecule has 5 heteroatoms. The molecule has 1 unspecified atom stereocenters. The topological polar surface area (TPSA) is 84.9 Å². The van der Waals surface area contributed by atoms with Crippen LogP contribution in [0.4, 0.5) is 5.69 Å². The van der Waals surface area contributed by atoms with Crippen LogP contribution in [-0.2, 0) is 0 Å². The number of methoxy groups -OCH3 is 1. The van der Waals surface area contributed by atoms with Gasteiger partial charge in [-0.05, 0) is 55.8 Å². The van der Waals surface area contributed by atoms with Crippen molar-refractivity contribution in [2.24, 2.45) is 4.99 Å². The van der Waals surface area contributed by atoms with E-state index in [4.69, 9.17) is 10.5 Å². The van der Waals surface area contributed by atoms with Crippen LogP contribution in [0.25, 0.3) is 0 Å². The Kier molecular flexibility index (Phi) is 4.35. The van der Waals surface area contributed by atoms with Gasteiger partial charge in [0.1, 0.15) is 11.9 Å². The van der Waals surface area contributed by atoms with Crippen molar-refractivity contribution in [2.75, 3.05) is 12.8 Å². The number of aliphatic hydroxyl groups excluding tert-OH is 1. The molecule has 25 heavy (non-hydrogen) atoms. The predicted octanol–water partition coefficient (Wildman–Crippen LogP) is 3.17. The zero-order valence-electron chi connectivity index (χ0n) is 14.6. The molecule has 0 saturated carbocycles. The summed E-state index contributed by atoms with van der Waals surface area (Å²) in [6, 6.07) is 12.3. The molecule has 2 aromatic rings. The number of anilines is 1. The van der Waals surface area contributed by atoms with E-state index in [0.717, 1.165) is 11.1 Å². The first-order valence-corrected chi connectivity index (χ1v) is 8.15. The van der Waals surface area contributed by atoms with Crippen LogP contribution in [0.3, 0.4) is 0 Å². The lowest BCUT2D eigenvalue weighted by Crippen LogP contribution is -2.34. The first-order chi connectivity index (χ1) is 11.8. The van der Waals surface area contributed by atoms with Crippen LogP contribution in [0.5, 0.6) is 5.75 Å². The number of nitrogens with zero attached hydrogens (tertiary/aromatic N) is 1. The van der Waals surface area contributed by atoms with Gasteiger partial charge in [0.2, 0.25) is 0 Å². The smallest absolute Gasteiger partial charge is 0.168 e. The van der Waals surface area contributed by atoms with Gasteiger partial charge in [0.05, 0.1) is 24.8 Å². The van der Waals surface area contributed by atoms with E-state index in [-0.39, 0.29) is 12.2 Å². The molecular weight excluding hydrogens is 316 g/mol. The van der Waals surface area contributed by atoms with Crippen LogP contribution in [-0.4, -0.2) is 29.3 Å². The first-order valence-electron chi connectivity index (χ1n) is 8.15. The van der Waals surface area contributed by atoms with Crippen molar-refractivity contribution in [3.63, 3.8) is 0 Å². The standard InChI is InChI=1S/C20H22N2O3/c1-20(2)19(24)15-9-8-14(25-3)10-16(15)17(22-20)11-18(23)12-4-6-13(21)7-5-12/h4-10,19,24H,11,21H2,1-3H3.